The van der Waals surface area contributed by atoms with E-state index < -0.39 is 5.97 Å². The Morgan fingerprint density at radius 3 is 2.59 bits per heavy atom. The van der Waals surface area contributed by atoms with Crippen LogP contribution in [0, 0.1) is 6.42 Å². The van der Waals surface area contributed by atoms with E-state index in [1.807, 2.05) is 61.0 Å². The van der Waals surface area contributed by atoms with Gasteiger partial charge in [0.25, 0.3) is 5.91 Å². The fraction of sp³-hybridized carbons (Fsp3) is 0.393. The third-order valence-corrected chi connectivity index (χ3v) is 6.27. The second-order valence-electron chi connectivity index (χ2n) is 8.91. The van der Waals surface area contributed by atoms with Crippen LogP contribution in [0.2, 0.25) is 0 Å². The molecule has 0 bridgehead atoms. The first kappa shape index (κ1) is 26.3. The summed E-state index contributed by atoms with van der Waals surface area (Å²) < 4.78 is 16.6. The van der Waals surface area contributed by atoms with Gasteiger partial charge in [0.15, 0.2) is 6.61 Å². The van der Waals surface area contributed by atoms with Crippen LogP contribution < -0.4 is 4.74 Å². The number of aliphatic hydroxyl groups is 1. The van der Waals surface area contributed by atoms with Gasteiger partial charge in [-0.2, -0.15) is 0 Å². The van der Waals surface area contributed by atoms with Crippen molar-refractivity contribution in [3.8, 4) is 5.75 Å². The second-order valence-corrected chi connectivity index (χ2v) is 8.91. The Balaban J connectivity index is 1.43. The number of para-hydroxylation sites is 1. The Bertz CT molecular complexity index is 1160. The standard InChI is InChI=1S/C28H32N3O6/c1-2-35-28(34)27-30-29-26(37-27)22(18-20-8-4-3-5-9-20)13-12-21-10-6-7-11-24(21)36-19-25(33)31-16-14-23(32)15-17-31/h3-11,13,22-23,32H,2,12,14-19H2,1H3. The minimum Gasteiger partial charge on any atom is -0.483 e. The van der Waals surface area contributed by atoms with Crippen LogP contribution in [0.15, 0.2) is 59.0 Å². The Morgan fingerprint density at radius 2 is 1.84 bits per heavy atom. The molecule has 2 aromatic carbocycles. The highest BCUT2D eigenvalue weighted by Gasteiger charge is 2.24. The van der Waals surface area contributed by atoms with Crippen molar-refractivity contribution in [2.75, 3.05) is 26.3 Å². The van der Waals surface area contributed by atoms with E-state index in [2.05, 4.69) is 10.2 Å². The van der Waals surface area contributed by atoms with Gasteiger partial charge in [-0.1, -0.05) is 48.5 Å². The highest BCUT2D eigenvalue weighted by Crippen LogP contribution is 2.28. The number of nitrogens with zero attached hydrogens (tertiary/aromatic N) is 3. The number of piperidine rings is 1. The molecule has 1 N–H and O–H groups in total. The van der Waals surface area contributed by atoms with E-state index in [1.165, 1.54) is 0 Å². The summed E-state index contributed by atoms with van der Waals surface area (Å²) in [5.41, 5.74) is 1.99. The number of carbonyl (C=O) groups is 2. The Labute approximate surface area is 216 Å². The van der Waals surface area contributed by atoms with Crippen LogP contribution in [0.25, 0.3) is 0 Å². The summed E-state index contributed by atoms with van der Waals surface area (Å²) in [7, 11) is 0. The lowest BCUT2D eigenvalue weighted by molar-refractivity contribution is -0.135. The third kappa shape index (κ3) is 7.39. The second kappa shape index (κ2) is 13.0. The number of hydrogen-bond donors (Lipinski definition) is 1. The van der Waals surface area contributed by atoms with Gasteiger partial charge in [-0.05, 0) is 56.2 Å². The summed E-state index contributed by atoms with van der Waals surface area (Å²) in [6.07, 6.45) is 4.02. The molecule has 0 saturated carbocycles. The molecule has 1 amide bonds. The molecule has 1 fully saturated rings. The normalized spacial score (nSPS) is 14.8. The highest BCUT2D eigenvalue weighted by molar-refractivity contribution is 5.83. The van der Waals surface area contributed by atoms with Crippen molar-refractivity contribution in [1.82, 2.24) is 15.1 Å². The Hall–Kier alpha value is -3.72. The molecule has 9 nitrogen and oxygen atoms in total. The summed E-state index contributed by atoms with van der Waals surface area (Å²) in [5.74, 6) is -0.215. The number of hydrogen-bond acceptors (Lipinski definition) is 8. The summed E-state index contributed by atoms with van der Waals surface area (Å²) in [6, 6.07) is 17.5. The zero-order valence-electron chi connectivity index (χ0n) is 20.9. The molecule has 1 atom stereocenters. The zero-order chi connectivity index (χ0) is 26.0. The van der Waals surface area contributed by atoms with Gasteiger partial charge in [0, 0.05) is 19.0 Å². The molecule has 1 aliphatic heterocycles. The number of aliphatic hydroxyl groups excluding tert-OH is 1. The topological polar surface area (TPSA) is 115 Å². The predicted molar refractivity (Wildman–Crippen MR) is 135 cm³/mol. The van der Waals surface area contributed by atoms with Crippen LogP contribution in [0.5, 0.6) is 5.75 Å². The molecule has 1 saturated heterocycles. The van der Waals surface area contributed by atoms with Crippen molar-refractivity contribution in [2.24, 2.45) is 0 Å². The smallest absolute Gasteiger partial charge is 0.396 e. The van der Waals surface area contributed by atoms with Crippen LogP contribution in [0.1, 0.15) is 53.4 Å². The van der Waals surface area contributed by atoms with Crippen molar-refractivity contribution in [3.63, 3.8) is 0 Å². The molecule has 195 valence electrons. The molecule has 1 radical (unpaired) electrons. The molecule has 1 aliphatic rings. The van der Waals surface area contributed by atoms with E-state index >= 15 is 0 Å². The molecule has 37 heavy (non-hydrogen) atoms. The quantitative estimate of drug-likeness (QED) is 0.394. The Morgan fingerprint density at radius 1 is 1.11 bits per heavy atom. The van der Waals surface area contributed by atoms with Crippen molar-refractivity contribution >= 4 is 11.9 Å². The molecule has 9 heteroatoms. The fourth-order valence-electron chi connectivity index (χ4n) is 4.23. The fourth-order valence-corrected chi connectivity index (χ4v) is 4.23. The minimum absolute atomic E-state index is 0.0624. The van der Waals surface area contributed by atoms with E-state index in [-0.39, 0.29) is 37.0 Å². The Kier molecular flexibility index (Phi) is 9.26. The monoisotopic (exact) mass is 506 g/mol. The number of amides is 1. The number of rotatable bonds is 11. The number of benzene rings is 2. The van der Waals surface area contributed by atoms with Crippen molar-refractivity contribution in [3.05, 3.63) is 83.9 Å². The first-order valence-corrected chi connectivity index (χ1v) is 12.6. The van der Waals surface area contributed by atoms with Gasteiger partial charge in [-0.3, -0.25) is 4.79 Å². The summed E-state index contributed by atoms with van der Waals surface area (Å²) in [5, 5.41) is 17.7. The SMILES string of the molecule is CCOC(=O)c1nnc(C([CH]Cc2ccccc2OCC(=O)N2CCC(O)CC2)Cc2ccccc2)o1. The van der Waals surface area contributed by atoms with Crippen molar-refractivity contribution < 1.29 is 28.6 Å². The third-order valence-electron chi connectivity index (χ3n) is 6.27. The number of carbonyl (C=O) groups excluding carboxylic acids is 2. The molecule has 1 unspecified atom stereocenters. The zero-order valence-corrected chi connectivity index (χ0v) is 20.9. The van der Waals surface area contributed by atoms with E-state index in [9.17, 15) is 14.7 Å². The molecule has 0 spiro atoms. The lowest BCUT2D eigenvalue weighted by Crippen LogP contribution is -2.42. The maximum Gasteiger partial charge on any atom is 0.396 e. The van der Waals surface area contributed by atoms with Crippen LogP contribution in [-0.2, 0) is 22.4 Å². The molecule has 3 aromatic rings. The first-order valence-electron chi connectivity index (χ1n) is 12.6. The molecule has 0 aliphatic carbocycles. The number of aromatic nitrogens is 2. The number of ether oxygens (including phenoxy) is 2. The van der Waals surface area contributed by atoms with Crippen molar-refractivity contribution in [2.45, 2.75) is 44.6 Å². The van der Waals surface area contributed by atoms with Gasteiger partial charge in [-0.15, -0.1) is 10.2 Å². The minimum atomic E-state index is -0.647. The van der Waals surface area contributed by atoms with E-state index in [0.717, 1.165) is 11.1 Å². The van der Waals surface area contributed by atoms with Crippen LogP contribution in [-0.4, -0.2) is 64.5 Å². The van der Waals surface area contributed by atoms with Crippen LogP contribution in [0.3, 0.4) is 0 Å². The van der Waals surface area contributed by atoms with E-state index in [0.29, 0.717) is 50.4 Å². The van der Waals surface area contributed by atoms with E-state index in [4.69, 9.17) is 13.9 Å². The van der Waals surface area contributed by atoms with Gasteiger partial charge >= 0.3 is 11.9 Å². The lowest BCUT2D eigenvalue weighted by Gasteiger charge is -2.29. The van der Waals surface area contributed by atoms with Gasteiger partial charge in [-0.25, -0.2) is 4.79 Å². The molecular weight excluding hydrogens is 474 g/mol. The number of likely N-dealkylation sites (tertiary alicyclic amines) is 1. The molecule has 1 aromatic heterocycles. The predicted octanol–water partition coefficient (Wildman–Crippen LogP) is 3.38. The molecule has 4 rings (SSSR count). The average Bonchev–Trinajstić information content (AvgIpc) is 3.42. The van der Waals surface area contributed by atoms with E-state index in [1.54, 1.807) is 11.8 Å². The molecule has 2 heterocycles. The molecular formula is C28H32N3O6. The number of esters is 1. The van der Waals surface area contributed by atoms with Gasteiger partial charge in [0.05, 0.1) is 12.7 Å². The van der Waals surface area contributed by atoms with Crippen LogP contribution >= 0.6 is 0 Å². The lowest BCUT2D eigenvalue weighted by atomic mass is 9.92. The summed E-state index contributed by atoms with van der Waals surface area (Å²) in [6.45, 7) is 2.95. The van der Waals surface area contributed by atoms with Gasteiger partial charge < -0.3 is 23.9 Å². The maximum atomic E-state index is 12.6. The van der Waals surface area contributed by atoms with Gasteiger partial charge in [0.1, 0.15) is 5.75 Å². The summed E-state index contributed by atoms with van der Waals surface area (Å²) in [4.78, 5) is 26.4. The highest BCUT2D eigenvalue weighted by atomic mass is 16.5. The van der Waals surface area contributed by atoms with Gasteiger partial charge in [0.2, 0.25) is 5.89 Å². The van der Waals surface area contributed by atoms with Crippen LogP contribution in [0.4, 0.5) is 0 Å². The summed E-state index contributed by atoms with van der Waals surface area (Å²) >= 11 is 0. The van der Waals surface area contributed by atoms with Crippen molar-refractivity contribution in [1.29, 1.82) is 0 Å². The largest absolute Gasteiger partial charge is 0.483 e. The first-order chi connectivity index (χ1) is 18.0. The average molecular weight is 507 g/mol. The maximum absolute atomic E-state index is 12.6.